The molecule has 0 saturated heterocycles. The molecule has 3 rings (SSSR count). The number of rotatable bonds is 2. The largest absolute Gasteiger partial charge is 0.508 e. The second kappa shape index (κ2) is 5.41. The van der Waals surface area contributed by atoms with E-state index >= 15 is 0 Å². The number of ether oxygens (including phenoxy) is 1. The Morgan fingerprint density at radius 2 is 2.05 bits per heavy atom. The van der Waals surface area contributed by atoms with E-state index in [9.17, 15) is 5.11 Å². The van der Waals surface area contributed by atoms with Crippen LogP contribution in [-0.2, 0) is 4.74 Å². The predicted molar refractivity (Wildman–Crippen MR) is 80.4 cm³/mol. The molecule has 6 nitrogen and oxygen atoms in total. The summed E-state index contributed by atoms with van der Waals surface area (Å²) in [5.41, 5.74) is 13.5. The summed E-state index contributed by atoms with van der Waals surface area (Å²) in [6.07, 6.45) is 4.45. The fourth-order valence-electron chi connectivity index (χ4n) is 2.24. The summed E-state index contributed by atoms with van der Waals surface area (Å²) in [4.78, 5) is 8.68. The van der Waals surface area contributed by atoms with Crippen molar-refractivity contribution in [2.75, 3.05) is 18.1 Å². The first-order chi connectivity index (χ1) is 10.1. The van der Waals surface area contributed by atoms with Gasteiger partial charge in [0.25, 0.3) is 0 Å². The minimum absolute atomic E-state index is 0.143. The zero-order valence-corrected chi connectivity index (χ0v) is 11.4. The maximum Gasteiger partial charge on any atom is 0.162 e. The lowest BCUT2D eigenvalue weighted by Crippen LogP contribution is -2.15. The smallest absolute Gasteiger partial charge is 0.162 e. The summed E-state index contributed by atoms with van der Waals surface area (Å²) >= 11 is 0. The van der Waals surface area contributed by atoms with Gasteiger partial charge in [-0.2, -0.15) is 0 Å². The molecule has 2 aromatic rings. The van der Waals surface area contributed by atoms with Gasteiger partial charge in [0.2, 0.25) is 0 Å². The zero-order chi connectivity index (χ0) is 14.8. The van der Waals surface area contributed by atoms with Gasteiger partial charge in [-0.05, 0) is 18.6 Å². The third-order valence-electron chi connectivity index (χ3n) is 3.32. The maximum atomic E-state index is 9.57. The molecule has 1 aromatic carbocycles. The highest BCUT2D eigenvalue weighted by atomic mass is 16.5. The lowest BCUT2D eigenvalue weighted by Gasteiger charge is -2.20. The molecule has 6 heteroatoms. The average molecular weight is 284 g/mol. The van der Waals surface area contributed by atoms with Crippen LogP contribution in [0.2, 0.25) is 0 Å². The molecule has 2 heterocycles. The Balaban J connectivity index is 2.07. The number of benzene rings is 1. The van der Waals surface area contributed by atoms with Gasteiger partial charge in [-0.25, -0.2) is 9.97 Å². The van der Waals surface area contributed by atoms with Crippen LogP contribution in [-0.4, -0.2) is 21.7 Å². The van der Waals surface area contributed by atoms with E-state index in [0.29, 0.717) is 35.8 Å². The Kier molecular flexibility index (Phi) is 3.45. The van der Waals surface area contributed by atoms with Crippen LogP contribution in [0, 0.1) is 0 Å². The molecule has 0 spiro atoms. The molecule has 5 N–H and O–H groups in total. The SMILES string of the molecule is Nc1nc(-c2cccc(O)c2)nc(C2CC=CCO2)c1N. The summed E-state index contributed by atoms with van der Waals surface area (Å²) in [5.74, 6) is 0.784. The van der Waals surface area contributed by atoms with Crippen molar-refractivity contribution in [2.24, 2.45) is 0 Å². The van der Waals surface area contributed by atoms with Crippen LogP contribution in [0.5, 0.6) is 5.75 Å². The lowest BCUT2D eigenvalue weighted by molar-refractivity contribution is 0.0652. The number of aromatic nitrogens is 2. The first-order valence-corrected chi connectivity index (χ1v) is 6.64. The van der Waals surface area contributed by atoms with Crippen molar-refractivity contribution < 1.29 is 9.84 Å². The Labute approximate surface area is 122 Å². The molecule has 0 aliphatic carbocycles. The van der Waals surface area contributed by atoms with Gasteiger partial charge in [-0.15, -0.1) is 0 Å². The Hall–Kier alpha value is -2.60. The molecule has 0 amide bonds. The lowest BCUT2D eigenvalue weighted by atomic mass is 10.1. The number of anilines is 2. The van der Waals surface area contributed by atoms with E-state index in [1.807, 2.05) is 12.2 Å². The first kappa shape index (κ1) is 13.4. The van der Waals surface area contributed by atoms with Gasteiger partial charge >= 0.3 is 0 Å². The van der Waals surface area contributed by atoms with Gasteiger partial charge in [-0.3, -0.25) is 0 Å². The summed E-state index contributed by atoms with van der Waals surface area (Å²) in [6.45, 7) is 0.523. The van der Waals surface area contributed by atoms with Crippen LogP contribution in [0.4, 0.5) is 11.5 Å². The molecule has 0 fully saturated rings. The van der Waals surface area contributed by atoms with E-state index in [0.717, 1.165) is 0 Å². The fourth-order valence-corrected chi connectivity index (χ4v) is 2.24. The number of aromatic hydroxyl groups is 1. The summed E-state index contributed by atoms with van der Waals surface area (Å²) in [5, 5.41) is 9.57. The van der Waals surface area contributed by atoms with E-state index in [-0.39, 0.29) is 17.7 Å². The molecule has 1 aliphatic rings. The van der Waals surface area contributed by atoms with E-state index in [1.54, 1.807) is 24.3 Å². The van der Waals surface area contributed by atoms with Crippen molar-refractivity contribution in [1.29, 1.82) is 0 Å². The molecule has 21 heavy (non-hydrogen) atoms. The van der Waals surface area contributed by atoms with E-state index in [1.165, 1.54) is 0 Å². The van der Waals surface area contributed by atoms with E-state index in [2.05, 4.69) is 9.97 Å². The topological polar surface area (TPSA) is 107 Å². The van der Waals surface area contributed by atoms with Crippen LogP contribution in [0.25, 0.3) is 11.4 Å². The van der Waals surface area contributed by atoms with Crippen molar-refractivity contribution in [3.63, 3.8) is 0 Å². The van der Waals surface area contributed by atoms with Crippen molar-refractivity contribution >= 4 is 11.5 Å². The zero-order valence-electron chi connectivity index (χ0n) is 11.4. The van der Waals surface area contributed by atoms with Crippen molar-refractivity contribution in [3.05, 3.63) is 42.1 Å². The van der Waals surface area contributed by atoms with E-state index in [4.69, 9.17) is 16.2 Å². The fraction of sp³-hybridized carbons (Fsp3) is 0.200. The van der Waals surface area contributed by atoms with Gasteiger partial charge in [0, 0.05) is 5.56 Å². The number of nitrogen functional groups attached to an aromatic ring is 2. The monoisotopic (exact) mass is 284 g/mol. The predicted octanol–water partition coefficient (Wildman–Crippen LogP) is 2.03. The number of hydrogen-bond donors (Lipinski definition) is 3. The van der Waals surface area contributed by atoms with Crippen LogP contribution >= 0.6 is 0 Å². The minimum Gasteiger partial charge on any atom is -0.508 e. The van der Waals surface area contributed by atoms with Gasteiger partial charge < -0.3 is 21.3 Å². The summed E-state index contributed by atoms with van der Waals surface area (Å²) in [6, 6.07) is 6.69. The third-order valence-corrected chi connectivity index (χ3v) is 3.32. The van der Waals surface area contributed by atoms with Gasteiger partial charge in [0.1, 0.15) is 11.9 Å². The molecule has 0 radical (unpaired) electrons. The normalized spacial score (nSPS) is 17.8. The van der Waals surface area contributed by atoms with Crippen LogP contribution in [0.1, 0.15) is 18.2 Å². The molecule has 1 aliphatic heterocycles. The van der Waals surface area contributed by atoms with Crippen LogP contribution in [0.15, 0.2) is 36.4 Å². The molecule has 1 unspecified atom stereocenters. The van der Waals surface area contributed by atoms with E-state index < -0.39 is 0 Å². The molecular weight excluding hydrogens is 268 g/mol. The van der Waals surface area contributed by atoms with Gasteiger partial charge in [-0.1, -0.05) is 24.3 Å². The molecule has 108 valence electrons. The average Bonchev–Trinajstić information content (AvgIpc) is 2.51. The second-order valence-corrected chi connectivity index (χ2v) is 4.81. The number of hydrogen-bond acceptors (Lipinski definition) is 6. The Bertz CT molecular complexity index is 700. The van der Waals surface area contributed by atoms with Crippen molar-refractivity contribution in [2.45, 2.75) is 12.5 Å². The summed E-state index contributed by atoms with van der Waals surface area (Å²) < 4.78 is 5.65. The molecular formula is C15H16N4O2. The number of nitrogens with zero attached hydrogens (tertiary/aromatic N) is 2. The van der Waals surface area contributed by atoms with Crippen LogP contribution < -0.4 is 11.5 Å². The van der Waals surface area contributed by atoms with Gasteiger partial charge in [0.05, 0.1) is 18.0 Å². The summed E-state index contributed by atoms with van der Waals surface area (Å²) in [7, 11) is 0. The first-order valence-electron chi connectivity index (χ1n) is 6.64. The quantitative estimate of drug-likeness (QED) is 0.728. The second-order valence-electron chi connectivity index (χ2n) is 4.81. The van der Waals surface area contributed by atoms with Crippen molar-refractivity contribution in [3.8, 4) is 17.1 Å². The number of phenolic OH excluding ortho intramolecular Hbond substituents is 1. The maximum absolute atomic E-state index is 9.57. The Morgan fingerprint density at radius 3 is 2.76 bits per heavy atom. The highest BCUT2D eigenvalue weighted by Gasteiger charge is 2.21. The van der Waals surface area contributed by atoms with Gasteiger partial charge in [0.15, 0.2) is 11.6 Å². The molecule has 1 atom stereocenters. The third kappa shape index (κ3) is 2.66. The molecule has 0 saturated carbocycles. The molecule has 0 bridgehead atoms. The highest BCUT2D eigenvalue weighted by molar-refractivity contribution is 5.67. The number of nitrogens with two attached hydrogens (primary N) is 2. The minimum atomic E-state index is -0.226. The standard InChI is InChI=1S/C15H16N4O2/c16-12-13(11-6-1-2-7-21-11)18-15(19-14(12)17)9-4-3-5-10(20)8-9/h1-5,8,11,20H,6-7,16H2,(H2,17,18,19). The van der Waals surface area contributed by atoms with Crippen molar-refractivity contribution in [1.82, 2.24) is 9.97 Å². The van der Waals surface area contributed by atoms with Crippen LogP contribution in [0.3, 0.4) is 0 Å². The molecule has 1 aromatic heterocycles. The number of phenols is 1. The Morgan fingerprint density at radius 1 is 1.19 bits per heavy atom. The highest BCUT2D eigenvalue weighted by Crippen LogP contribution is 2.32.